The van der Waals surface area contributed by atoms with E-state index in [0.717, 1.165) is 41.4 Å². The lowest BCUT2D eigenvalue weighted by Crippen LogP contribution is -2.11. The van der Waals surface area contributed by atoms with E-state index in [1.165, 1.54) is 11.3 Å². The maximum Gasteiger partial charge on any atom is 0.0781 e. The van der Waals surface area contributed by atoms with Gasteiger partial charge >= 0.3 is 0 Å². The summed E-state index contributed by atoms with van der Waals surface area (Å²) in [6, 6.07) is 6.15. The summed E-state index contributed by atoms with van der Waals surface area (Å²) in [5.41, 5.74) is 8.47. The first-order valence-corrected chi connectivity index (χ1v) is 6.24. The molecule has 1 aliphatic rings. The highest BCUT2D eigenvalue weighted by Gasteiger charge is 2.20. The van der Waals surface area contributed by atoms with Gasteiger partial charge in [0.15, 0.2) is 0 Å². The Morgan fingerprint density at radius 1 is 1.39 bits per heavy atom. The van der Waals surface area contributed by atoms with E-state index in [4.69, 9.17) is 15.6 Å². The average molecular weight is 243 g/mol. The highest BCUT2D eigenvalue weighted by Crippen LogP contribution is 2.34. The predicted octanol–water partition coefficient (Wildman–Crippen LogP) is 2.16. The zero-order valence-corrected chi connectivity index (χ0v) is 10.5. The van der Waals surface area contributed by atoms with Gasteiger partial charge in [0, 0.05) is 23.8 Å². The molecule has 4 nitrogen and oxygen atoms in total. The molecule has 0 spiro atoms. The zero-order chi connectivity index (χ0) is 12.5. The first-order chi connectivity index (χ1) is 8.85. The number of pyridine rings is 1. The van der Waals surface area contributed by atoms with Gasteiger partial charge in [-0.3, -0.25) is 10.8 Å². The van der Waals surface area contributed by atoms with Crippen LogP contribution in [-0.2, 0) is 24.2 Å². The SMILES string of the molecule is COCc1cccc2c(NN)c3c(nc12)CCC3. The van der Waals surface area contributed by atoms with Crippen LogP contribution in [0.1, 0.15) is 23.2 Å². The number of aromatic nitrogens is 1. The Morgan fingerprint density at radius 3 is 3.06 bits per heavy atom. The van der Waals surface area contributed by atoms with Crippen LogP contribution in [-0.4, -0.2) is 12.1 Å². The van der Waals surface area contributed by atoms with Crippen LogP contribution in [0.4, 0.5) is 5.69 Å². The highest BCUT2D eigenvalue weighted by molar-refractivity contribution is 5.95. The maximum atomic E-state index is 5.70. The van der Waals surface area contributed by atoms with Crippen molar-refractivity contribution in [1.82, 2.24) is 4.98 Å². The van der Waals surface area contributed by atoms with E-state index in [-0.39, 0.29) is 0 Å². The number of hydrogen-bond acceptors (Lipinski definition) is 4. The van der Waals surface area contributed by atoms with Crippen LogP contribution in [0.3, 0.4) is 0 Å². The van der Waals surface area contributed by atoms with E-state index >= 15 is 0 Å². The first-order valence-electron chi connectivity index (χ1n) is 6.24. The van der Waals surface area contributed by atoms with Gasteiger partial charge < -0.3 is 10.2 Å². The van der Waals surface area contributed by atoms with Crippen molar-refractivity contribution in [2.24, 2.45) is 5.84 Å². The number of nitrogens with one attached hydrogen (secondary N) is 1. The lowest BCUT2D eigenvalue weighted by molar-refractivity contribution is 0.186. The van der Waals surface area contributed by atoms with Crippen molar-refractivity contribution < 1.29 is 4.74 Å². The fraction of sp³-hybridized carbons (Fsp3) is 0.357. The molecular weight excluding hydrogens is 226 g/mol. The number of anilines is 1. The van der Waals surface area contributed by atoms with Crippen LogP contribution in [0.5, 0.6) is 0 Å². The molecule has 94 valence electrons. The van der Waals surface area contributed by atoms with Gasteiger partial charge in [-0.25, -0.2) is 0 Å². The Bertz CT molecular complexity index is 595. The second-order valence-electron chi connectivity index (χ2n) is 4.66. The number of hydrazine groups is 1. The number of ether oxygens (including phenoxy) is 1. The fourth-order valence-corrected chi connectivity index (χ4v) is 2.78. The lowest BCUT2D eigenvalue weighted by atomic mass is 10.0. The van der Waals surface area contributed by atoms with Gasteiger partial charge in [-0.15, -0.1) is 0 Å². The molecule has 0 radical (unpaired) electrons. The topological polar surface area (TPSA) is 60.2 Å². The van der Waals surface area contributed by atoms with Crippen molar-refractivity contribution in [3.8, 4) is 0 Å². The molecule has 0 atom stereocenters. The number of methoxy groups -OCH3 is 1. The smallest absolute Gasteiger partial charge is 0.0781 e. The molecule has 0 amide bonds. The second-order valence-corrected chi connectivity index (χ2v) is 4.66. The third-order valence-electron chi connectivity index (χ3n) is 3.57. The summed E-state index contributed by atoms with van der Waals surface area (Å²) in [5, 5.41) is 1.09. The number of hydrogen-bond donors (Lipinski definition) is 2. The van der Waals surface area contributed by atoms with Gasteiger partial charge in [0.2, 0.25) is 0 Å². The van der Waals surface area contributed by atoms with Crippen molar-refractivity contribution in [3.63, 3.8) is 0 Å². The number of benzene rings is 1. The molecule has 3 N–H and O–H groups in total. The molecule has 18 heavy (non-hydrogen) atoms. The van der Waals surface area contributed by atoms with Crippen molar-refractivity contribution in [1.29, 1.82) is 0 Å². The van der Waals surface area contributed by atoms with E-state index in [0.29, 0.717) is 6.61 Å². The molecule has 2 aromatic rings. The second kappa shape index (κ2) is 4.55. The molecule has 1 aliphatic carbocycles. The highest BCUT2D eigenvalue weighted by atomic mass is 16.5. The van der Waals surface area contributed by atoms with Gasteiger partial charge in [-0.1, -0.05) is 18.2 Å². The number of para-hydroxylation sites is 1. The maximum absolute atomic E-state index is 5.70. The molecule has 1 aromatic heterocycles. The summed E-state index contributed by atoms with van der Waals surface area (Å²) in [5.74, 6) is 5.70. The summed E-state index contributed by atoms with van der Waals surface area (Å²) >= 11 is 0. The Labute approximate surface area is 106 Å². The van der Waals surface area contributed by atoms with Crippen LogP contribution in [0.25, 0.3) is 10.9 Å². The van der Waals surface area contributed by atoms with Crippen LogP contribution in [0.2, 0.25) is 0 Å². The summed E-state index contributed by atoms with van der Waals surface area (Å²) in [6.45, 7) is 0.577. The monoisotopic (exact) mass is 243 g/mol. The van der Waals surface area contributed by atoms with E-state index < -0.39 is 0 Å². The summed E-state index contributed by atoms with van der Waals surface area (Å²) in [4.78, 5) is 4.81. The van der Waals surface area contributed by atoms with Gasteiger partial charge in [0.25, 0.3) is 0 Å². The number of rotatable bonds is 3. The van der Waals surface area contributed by atoms with Crippen molar-refractivity contribution in [3.05, 3.63) is 35.0 Å². The summed E-state index contributed by atoms with van der Waals surface area (Å²) < 4.78 is 5.24. The largest absolute Gasteiger partial charge is 0.380 e. The minimum absolute atomic E-state index is 0.577. The molecule has 3 rings (SSSR count). The van der Waals surface area contributed by atoms with Gasteiger partial charge in [0.1, 0.15) is 0 Å². The Balaban J connectivity index is 2.31. The van der Waals surface area contributed by atoms with Gasteiger partial charge in [-0.2, -0.15) is 0 Å². The molecule has 1 aromatic carbocycles. The molecule has 0 fully saturated rings. The van der Waals surface area contributed by atoms with Crippen LogP contribution >= 0.6 is 0 Å². The molecule has 0 unspecified atom stereocenters. The molecule has 0 saturated heterocycles. The molecule has 4 heteroatoms. The molecule has 1 heterocycles. The van der Waals surface area contributed by atoms with E-state index in [1.807, 2.05) is 6.07 Å². The fourth-order valence-electron chi connectivity index (χ4n) is 2.78. The van der Waals surface area contributed by atoms with Gasteiger partial charge in [0.05, 0.1) is 17.8 Å². The number of fused-ring (bicyclic) bond motifs is 2. The molecular formula is C14H17N3O. The van der Waals surface area contributed by atoms with Crippen molar-refractivity contribution in [2.75, 3.05) is 12.5 Å². The standard InChI is InChI=1S/C14H17N3O/c1-18-8-9-4-2-6-11-13(9)16-12-7-3-5-10(12)14(11)17-15/h2,4,6H,3,5,7-8,15H2,1H3,(H,16,17). The number of aryl methyl sites for hydroxylation is 1. The van der Waals surface area contributed by atoms with E-state index in [9.17, 15) is 0 Å². The minimum Gasteiger partial charge on any atom is -0.380 e. The summed E-state index contributed by atoms with van der Waals surface area (Å²) in [7, 11) is 1.70. The van der Waals surface area contributed by atoms with E-state index in [2.05, 4.69) is 17.6 Å². The zero-order valence-electron chi connectivity index (χ0n) is 10.5. The first kappa shape index (κ1) is 11.4. The number of nitrogen functional groups attached to an aromatic ring is 1. The molecule has 0 saturated carbocycles. The van der Waals surface area contributed by atoms with Crippen molar-refractivity contribution in [2.45, 2.75) is 25.9 Å². The lowest BCUT2D eigenvalue weighted by Gasteiger charge is -2.13. The Morgan fingerprint density at radius 2 is 2.28 bits per heavy atom. The molecule has 0 aliphatic heterocycles. The van der Waals surface area contributed by atoms with E-state index in [1.54, 1.807) is 7.11 Å². The van der Waals surface area contributed by atoms with Crippen LogP contribution in [0, 0.1) is 0 Å². The Kier molecular flexibility index (Phi) is 2.89. The van der Waals surface area contributed by atoms with Gasteiger partial charge in [-0.05, 0) is 24.8 Å². The normalized spacial score (nSPS) is 13.9. The molecule has 0 bridgehead atoms. The predicted molar refractivity (Wildman–Crippen MR) is 72.3 cm³/mol. The quantitative estimate of drug-likeness (QED) is 0.640. The Hall–Kier alpha value is -1.65. The van der Waals surface area contributed by atoms with Crippen molar-refractivity contribution >= 4 is 16.6 Å². The third-order valence-corrected chi connectivity index (χ3v) is 3.57. The third kappa shape index (κ3) is 1.65. The summed E-state index contributed by atoms with van der Waals surface area (Å²) in [6.07, 6.45) is 3.26. The van der Waals surface area contributed by atoms with Crippen LogP contribution < -0.4 is 11.3 Å². The number of nitrogens with zero attached hydrogens (tertiary/aromatic N) is 1. The minimum atomic E-state index is 0.577. The average Bonchev–Trinajstić information content (AvgIpc) is 2.85. The van der Waals surface area contributed by atoms with Crippen LogP contribution in [0.15, 0.2) is 18.2 Å². The number of nitrogens with two attached hydrogens (primary N) is 1.